The monoisotopic (exact) mass is 500 g/mol. The number of nitrogens with one attached hydrogen (secondary N) is 2. The van der Waals surface area contributed by atoms with Gasteiger partial charge in [0, 0.05) is 29.9 Å². The number of hydrogen-bond donors (Lipinski definition) is 3. The summed E-state index contributed by atoms with van der Waals surface area (Å²) in [6.07, 6.45) is -1.13. The van der Waals surface area contributed by atoms with E-state index >= 15 is 0 Å². The van der Waals surface area contributed by atoms with Crippen molar-refractivity contribution in [2.75, 3.05) is 23.8 Å². The molecule has 0 saturated heterocycles. The number of aryl methyl sites for hydroxylation is 1. The summed E-state index contributed by atoms with van der Waals surface area (Å²) in [5.74, 6) is -0.174. The fourth-order valence-corrected chi connectivity index (χ4v) is 5.77. The van der Waals surface area contributed by atoms with Gasteiger partial charge in [0.25, 0.3) is 0 Å². The van der Waals surface area contributed by atoms with Crippen molar-refractivity contribution in [1.29, 1.82) is 0 Å². The molecule has 1 atom stereocenters. The Morgan fingerprint density at radius 2 is 1.68 bits per heavy atom. The van der Waals surface area contributed by atoms with Gasteiger partial charge in [-0.2, -0.15) is 0 Å². The van der Waals surface area contributed by atoms with Gasteiger partial charge in [-0.15, -0.1) is 0 Å². The van der Waals surface area contributed by atoms with Crippen LogP contribution in [0, 0.1) is 27.7 Å². The second kappa shape index (κ2) is 9.10. The van der Waals surface area contributed by atoms with E-state index in [-0.39, 0.29) is 0 Å². The van der Waals surface area contributed by atoms with E-state index in [0.717, 1.165) is 57.0 Å². The summed E-state index contributed by atoms with van der Waals surface area (Å²) in [5.41, 5.74) is 11.6. The maximum absolute atomic E-state index is 12.8. The molecule has 3 aromatic carbocycles. The Hall–Kier alpha value is -3.51. The second-order valence-electron chi connectivity index (χ2n) is 11.1. The van der Waals surface area contributed by atoms with Crippen molar-refractivity contribution in [3.8, 4) is 28.0 Å². The van der Waals surface area contributed by atoms with E-state index in [0.29, 0.717) is 18.7 Å². The Balaban J connectivity index is 1.87. The predicted molar refractivity (Wildman–Crippen MR) is 149 cm³/mol. The number of carboxylic acid groups (broad SMARTS) is 1. The molecule has 2 aliphatic heterocycles. The SMILES string of the molecule is Cc1ccc2c(c1)CNc1c(C)c([C@H](OC(C)(C)C)C(=O)O)c(-c3ccc4c(c3C)NCCO4)c(C)c1-2. The minimum atomic E-state index is -1.13. The summed E-state index contributed by atoms with van der Waals surface area (Å²) in [4.78, 5) is 12.8. The molecule has 0 aliphatic carbocycles. The van der Waals surface area contributed by atoms with Crippen LogP contribution >= 0.6 is 0 Å². The quantitative estimate of drug-likeness (QED) is 0.361. The second-order valence-corrected chi connectivity index (χ2v) is 11.1. The lowest BCUT2D eigenvalue weighted by Crippen LogP contribution is -2.29. The largest absolute Gasteiger partial charge is 0.490 e. The summed E-state index contributed by atoms with van der Waals surface area (Å²) in [7, 11) is 0. The molecule has 194 valence electrons. The molecule has 0 radical (unpaired) electrons. The van der Waals surface area contributed by atoms with Gasteiger partial charge >= 0.3 is 5.97 Å². The van der Waals surface area contributed by atoms with Crippen LogP contribution in [0.5, 0.6) is 5.75 Å². The lowest BCUT2D eigenvalue weighted by molar-refractivity contribution is -0.160. The zero-order chi connectivity index (χ0) is 26.6. The third kappa shape index (κ3) is 4.33. The summed E-state index contributed by atoms with van der Waals surface area (Å²) in [6.45, 7) is 16.0. The number of carbonyl (C=O) groups is 1. The molecule has 0 saturated carbocycles. The molecule has 6 heteroatoms. The molecule has 37 heavy (non-hydrogen) atoms. The maximum atomic E-state index is 12.8. The molecule has 0 spiro atoms. The van der Waals surface area contributed by atoms with Crippen LogP contribution in [0.25, 0.3) is 22.3 Å². The molecule has 6 nitrogen and oxygen atoms in total. The summed E-state index contributed by atoms with van der Waals surface area (Å²) >= 11 is 0. The van der Waals surface area contributed by atoms with Crippen molar-refractivity contribution in [1.82, 2.24) is 0 Å². The van der Waals surface area contributed by atoms with Crippen LogP contribution in [0.15, 0.2) is 30.3 Å². The van der Waals surface area contributed by atoms with E-state index in [1.807, 2.05) is 33.8 Å². The molecular weight excluding hydrogens is 464 g/mol. The van der Waals surface area contributed by atoms with Crippen LogP contribution < -0.4 is 15.4 Å². The van der Waals surface area contributed by atoms with Crippen molar-refractivity contribution in [3.05, 3.63) is 63.7 Å². The first-order chi connectivity index (χ1) is 17.5. The molecule has 0 unspecified atom stereocenters. The number of fused-ring (bicyclic) bond motifs is 4. The first-order valence-corrected chi connectivity index (χ1v) is 12.9. The molecule has 3 aromatic rings. The van der Waals surface area contributed by atoms with Gasteiger partial charge in [-0.3, -0.25) is 0 Å². The van der Waals surface area contributed by atoms with Gasteiger partial charge in [-0.05, 0) is 93.5 Å². The average Bonchev–Trinajstić information content (AvgIpc) is 2.84. The van der Waals surface area contributed by atoms with E-state index < -0.39 is 17.7 Å². The zero-order valence-corrected chi connectivity index (χ0v) is 22.8. The number of hydrogen-bond acceptors (Lipinski definition) is 5. The molecule has 0 bridgehead atoms. The normalized spacial score (nSPS) is 14.9. The van der Waals surface area contributed by atoms with E-state index in [2.05, 4.69) is 55.7 Å². The van der Waals surface area contributed by atoms with Gasteiger partial charge in [0.2, 0.25) is 0 Å². The Morgan fingerprint density at radius 3 is 2.38 bits per heavy atom. The van der Waals surface area contributed by atoms with Gasteiger partial charge in [-0.25, -0.2) is 4.79 Å². The Morgan fingerprint density at radius 1 is 0.946 bits per heavy atom. The van der Waals surface area contributed by atoms with Gasteiger partial charge in [-0.1, -0.05) is 29.8 Å². The fourth-order valence-electron chi connectivity index (χ4n) is 5.77. The van der Waals surface area contributed by atoms with Gasteiger partial charge in [0.15, 0.2) is 6.10 Å². The van der Waals surface area contributed by atoms with Crippen molar-refractivity contribution in [3.63, 3.8) is 0 Å². The topological polar surface area (TPSA) is 79.8 Å². The van der Waals surface area contributed by atoms with Gasteiger partial charge in [0.1, 0.15) is 12.4 Å². The lowest BCUT2D eigenvalue weighted by Gasteiger charge is -2.34. The predicted octanol–water partition coefficient (Wildman–Crippen LogP) is 6.92. The minimum Gasteiger partial charge on any atom is -0.490 e. The van der Waals surface area contributed by atoms with E-state index in [4.69, 9.17) is 9.47 Å². The van der Waals surface area contributed by atoms with Crippen LogP contribution in [0.1, 0.15) is 60.3 Å². The Labute approximate surface area is 219 Å². The third-order valence-corrected chi connectivity index (χ3v) is 7.35. The highest BCUT2D eigenvalue weighted by atomic mass is 16.5. The van der Waals surface area contributed by atoms with Crippen LogP contribution in [0.4, 0.5) is 11.4 Å². The number of anilines is 2. The van der Waals surface area contributed by atoms with E-state index in [9.17, 15) is 9.90 Å². The standard InChI is InChI=1S/C31H36N2O4/c1-16-8-9-22-20(14-16)15-33-28-19(4)26(29(30(34)35)37-31(5,6)7)24(18(3)25(22)28)21-10-11-23-27(17(21)2)32-12-13-36-23/h8-11,14,29,32-33H,12-13,15H2,1-7H3,(H,34,35)/t29-/m0/s1. The maximum Gasteiger partial charge on any atom is 0.337 e. The van der Waals surface area contributed by atoms with Crippen molar-refractivity contribution in [2.24, 2.45) is 0 Å². The lowest BCUT2D eigenvalue weighted by atomic mass is 9.79. The summed E-state index contributed by atoms with van der Waals surface area (Å²) < 4.78 is 12.1. The molecule has 0 aromatic heterocycles. The highest BCUT2D eigenvalue weighted by Crippen LogP contribution is 2.50. The van der Waals surface area contributed by atoms with Crippen molar-refractivity contribution < 1.29 is 19.4 Å². The van der Waals surface area contributed by atoms with E-state index in [1.165, 1.54) is 16.7 Å². The highest BCUT2D eigenvalue weighted by molar-refractivity contribution is 5.97. The number of aliphatic carboxylic acids is 1. The van der Waals surface area contributed by atoms with Gasteiger partial charge < -0.3 is 25.2 Å². The average molecular weight is 501 g/mol. The third-order valence-electron chi connectivity index (χ3n) is 7.35. The van der Waals surface area contributed by atoms with Crippen LogP contribution in [-0.2, 0) is 16.1 Å². The number of benzene rings is 3. The van der Waals surface area contributed by atoms with Crippen molar-refractivity contribution in [2.45, 2.75) is 66.7 Å². The molecular formula is C31H36N2O4. The summed E-state index contributed by atoms with van der Waals surface area (Å²) in [6, 6.07) is 10.6. The fraction of sp³-hybridized carbons (Fsp3) is 0.387. The zero-order valence-electron chi connectivity index (χ0n) is 22.8. The Bertz CT molecular complexity index is 1420. The van der Waals surface area contributed by atoms with Crippen LogP contribution in [0.3, 0.4) is 0 Å². The molecule has 2 aliphatic rings. The Kier molecular flexibility index (Phi) is 6.19. The first-order valence-electron chi connectivity index (χ1n) is 12.9. The van der Waals surface area contributed by atoms with Gasteiger partial charge in [0.05, 0.1) is 11.3 Å². The first kappa shape index (κ1) is 25.2. The molecule has 0 fully saturated rings. The highest BCUT2D eigenvalue weighted by Gasteiger charge is 2.35. The molecule has 2 heterocycles. The number of rotatable bonds is 4. The van der Waals surface area contributed by atoms with Crippen molar-refractivity contribution >= 4 is 17.3 Å². The van der Waals surface area contributed by atoms with Crippen LogP contribution in [0.2, 0.25) is 0 Å². The number of carboxylic acids is 1. The summed E-state index contributed by atoms with van der Waals surface area (Å²) in [5, 5.41) is 17.6. The number of ether oxygens (including phenoxy) is 2. The molecule has 5 rings (SSSR count). The smallest absolute Gasteiger partial charge is 0.337 e. The minimum absolute atomic E-state index is 0.621. The van der Waals surface area contributed by atoms with E-state index in [1.54, 1.807) is 0 Å². The molecule has 3 N–H and O–H groups in total. The molecule has 0 amide bonds. The van der Waals surface area contributed by atoms with Crippen LogP contribution in [-0.4, -0.2) is 29.8 Å².